The van der Waals surface area contributed by atoms with E-state index in [1.807, 2.05) is 68.4 Å². The predicted octanol–water partition coefficient (Wildman–Crippen LogP) is 5.69. The van der Waals surface area contributed by atoms with E-state index in [1.54, 1.807) is 23.1 Å². The van der Waals surface area contributed by atoms with Crippen molar-refractivity contribution in [3.8, 4) is 0 Å². The fraction of sp³-hybridized carbons (Fsp3) is 0.286. The molecular weight excluding hydrogens is 495 g/mol. The highest BCUT2D eigenvalue weighted by Crippen LogP contribution is 2.20. The lowest BCUT2D eigenvalue weighted by molar-refractivity contribution is -0.141. The van der Waals surface area contributed by atoms with Crippen LogP contribution >= 0.6 is 15.9 Å². The standard InChI is InChI=1S/C28H30BrFN2O2/c1-3-20(2)31-28(34)26(17-21-10-5-4-6-11-21)32(19-22-12-9-14-24(29)16-22)27(33)18-23-13-7-8-15-25(23)30/h4-16,20,26H,3,17-19H2,1-2H3,(H,31,34)/t20-,26+/m1/s1. The van der Waals surface area contributed by atoms with E-state index in [4.69, 9.17) is 0 Å². The monoisotopic (exact) mass is 524 g/mol. The molecule has 0 fully saturated rings. The molecule has 0 aliphatic rings. The summed E-state index contributed by atoms with van der Waals surface area (Å²) in [5.74, 6) is -0.942. The van der Waals surface area contributed by atoms with E-state index < -0.39 is 11.9 Å². The Labute approximate surface area is 209 Å². The Hall–Kier alpha value is -2.99. The summed E-state index contributed by atoms with van der Waals surface area (Å²) in [4.78, 5) is 28.6. The molecule has 4 nitrogen and oxygen atoms in total. The Balaban J connectivity index is 1.98. The minimum absolute atomic E-state index is 0.0276. The number of benzene rings is 3. The van der Waals surface area contributed by atoms with Crippen molar-refractivity contribution in [2.45, 2.75) is 51.7 Å². The maximum absolute atomic E-state index is 14.4. The fourth-order valence-electron chi connectivity index (χ4n) is 3.73. The van der Waals surface area contributed by atoms with E-state index in [0.29, 0.717) is 12.0 Å². The molecule has 0 spiro atoms. The molecule has 0 heterocycles. The molecule has 0 aliphatic heterocycles. The third kappa shape index (κ3) is 7.26. The van der Waals surface area contributed by atoms with Crippen LogP contribution in [0.2, 0.25) is 0 Å². The Morgan fingerprint density at radius 3 is 2.32 bits per heavy atom. The second-order valence-corrected chi connectivity index (χ2v) is 9.36. The number of carbonyl (C=O) groups is 2. The summed E-state index contributed by atoms with van der Waals surface area (Å²) in [6, 6.07) is 22.8. The normalized spacial score (nSPS) is 12.6. The van der Waals surface area contributed by atoms with E-state index in [2.05, 4.69) is 21.2 Å². The Morgan fingerprint density at radius 1 is 0.971 bits per heavy atom. The van der Waals surface area contributed by atoms with E-state index in [0.717, 1.165) is 22.0 Å². The number of hydrogen-bond acceptors (Lipinski definition) is 2. The third-order valence-electron chi connectivity index (χ3n) is 5.81. The van der Waals surface area contributed by atoms with Crippen molar-refractivity contribution in [1.82, 2.24) is 10.2 Å². The first-order valence-electron chi connectivity index (χ1n) is 11.5. The number of hydrogen-bond donors (Lipinski definition) is 1. The number of amides is 2. The topological polar surface area (TPSA) is 49.4 Å². The third-order valence-corrected chi connectivity index (χ3v) is 6.31. The molecule has 3 rings (SSSR count). The first-order valence-corrected chi connectivity index (χ1v) is 12.3. The molecule has 0 saturated carbocycles. The van der Waals surface area contributed by atoms with Gasteiger partial charge in [0.2, 0.25) is 11.8 Å². The molecule has 0 unspecified atom stereocenters. The molecule has 0 saturated heterocycles. The van der Waals surface area contributed by atoms with Crippen molar-refractivity contribution in [3.63, 3.8) is 0 Å². The summed E-state index contributed by atoms with van der Waals surface area (Å²) in [6.45, 7) is 4.18. The zero-order valence-electron chi connectivity index (χ0n) is 19.5. The van der Waals surface area contributed by atoms with Gasteiger partial charge in [-0.1, -0.05) is 83.5 Å². The number of halogens is 2. The summed E-state index contributed by atoms with van der Waals surface area (Å²) < 4.78 is 15.2. The largest absolute Gasteiger partial charge is 0.352 e. The number of nitrogens with one attached hydrogen (secondary N) is 1. The predicted molar refractivity (Wildman–Crippen MR) is 137 cm³/mol. The zero-order valence-corrected chi connectivity index (χ0v) is 21.1. The summed E-state index contributed by atoms with van der Waals surface area (Å²) in [5, 5.41) is 3.04. The van der Waals surface area contributed by atoms with Crippen molar-refractivity contribution < 1.29 is 14.0 Å². The van der Waals surface area contributed by atoms with Crippen LogP contribution in [0.4, 0.5) is 4.39 Å². The van der Waals surface area contributed by atoms with Crippen molar-refractivity contribution >= 4 is 27.7 Å². The Bertz CT molecular complexity index is 1110. The van der Waals surface area contributed by atoms with Crippen LogP contribution in [0.15, 0.2) is 83.3 Å². The van der Waals surface area contributed by atoms with Gasteiger partial charge in [0.05, 0.1) is 6.42 Å². The van der Waals surface area contributed by atoms with Crippen LogP contribution in [0.3, 0.4) is 0 Å². The molecule has 0 aromatic heterocycles. The van der Waals surface area contributed by atoms with Gasteiger partial charge in [0, 0.05) is 23.5 Å². The number of rotatable bonds is 10. The Morgan fingerprint density at radius 2 is 1.65 bits per heavy atom. The van der Waals surface area contributed by atoms with Crippen LogP contribution in [-0.4, -0.2) is 28.8 Å². The number of nitrogens with zero attached hydrogens (tertiary/aromatic N) is 1. The second-order valence-electron chi connectivity index (χ2n) is 8.44. The lowest BCUT2D eigenvalue weighted by Crippen LogP contribution is -2.52. The molecule has 3 aromatic rings. The van der Waals surface area contributed by atoms with Crippen LogP contribution in [0.5, 0.6) is 0 Å². The van der Waals surface area contributed by atoms with Crippen molar-refractivity contribution in [1.29, 1.82) is 0 Å². The molecule has 3 aromatic carbocycles. The lowest BCUT2D eigenvalue weighted by Gasteiger charge is -2.32. The van der Waals surface area contributed by atoms with E-state index in [-0.39, 0.29) is 30.8 Å². The van der Waals surface area contributed by atoms with Crippen molar-refractivity contribution in [2.75, 3.05) is 0 Å². The van der Waals surface area contributed by atoms with E-state index >= 15 is 0 Å². The Kier molecular flexibility index (Phi) is 9.40. The molecule has 2 atom stereocenters. The smallest absolute Gasteiger partial charge is 0.243 e. The molecule has 34 heavy (non-hydrogen) atoms. The average molecular weight is 525 g/mol. The van der Waals surface area contributed by atoms with Crippen LogP contribution in [-0.2, 0) is 29.0 Å². The van der Waals surface area contributed by atoms with Crippen molar-refractivity contribution in [3.05, 3.63) is 106 Å². The van der Waals surface area contributed by atoms with Crippen LogP contribution < -0.4 is 5.32 Å². The highest BCUT2D eigenvalue weighted by atomic mass is 79.9. The second kappa shape index (κ2) is 12.5. The molecule has 0 aliphatic carbocycles. The molecule has 2 amide bonds. The van der Waals surface area contributed by atoms with Gasteiger partial charge < -0.3 is 10.2 Å². The minimum atomic E-state index is -0.741. The van der Waals surface area contributed by atoms with Gasteiger partial charge in [-0.05, 0) is 48.2 Å². The summed E-state index contributed by atoms with van der Waals surface area (Å²) >= 11 is 3.48. The van der Waals surface area contributed by atoms with Crippen LogP contribution in [0.1, 0.15) is 37.0 Å². The quantitative estimate of drug-likeness (QED) is 0.370. The average Bonchev–Trinajstić information content (AvgIpc) is 2.83. The highest BCUT2D eigenvalue weighted by Gasteiger charge is 2.31. The maximum atomic E-state index is 14.4. The van der Waals surface area contributed by atoms with Gasteiger partial charge in [-0.15, -0.1) is 0 Å². The van der Waals surface area contributed by atoms with Gasteiger partial charge in [0.25, 0.3) is 0 Å². The van der Waals surface area contributed by atoms with Gasteiger partial charge in [0.15, 0.2) is 0 Å². The number of carbonyl (C=O) groups excluding carboxylic acids is 2. The van der Waals surface area contributed by atoms with Crippen LogP contribution in [0, 0.1) is 5.82 Å². The molecule has 1 N–H and O–H groups in total. The van der Waals surface area contributed by atoms with Gasteiger partial charge >= 0.3 is 0 Å². The first kappa shape index (κ1) is 25.6. The minimum Gasteiger partial charge on any atom is -0.352 e. The maximum Gasteiger partial charge on any atom is 0.243 e. The highest BCUT2D eigenvalue weighted by molar-refractivity contribution is 9.10. The summed E-state index contributed by atoms with van der Waals surface area (Å²) in [6.07, 6.45) is 1.02. The van der Waals surface area contributed by atoms with Gasteiger partial charge in [-0.25, -0.2) is 4.39 Å². The molecule has 0 bridgehead atoms. The van der Waals surface area contributed by atoms with Gasteiger partial charge in [0.1, 0.15) is 11.9 Å². The molecule has 178 valence electrons. The summed E-state index contributed by atoms with van der Waals surface area (Å²) in [7, 11) is 0. The van der Waals surface area contributed by atoms with E-state index in [9.17, 15) is 14.0 Å². The van der Waals surface area contributed by atoms with Gasteiger partial charge in [-0.2, -0.15) is 0 Å². The zero-order chi connectivity index (χ0) is 24.5. The van der Waals surface area contributed by atoms with Gasteiger partial charge in [-0.3, -0.25) is 9.59 Å². The fourth-order valence-corrected chi connectivity index (χ4v) is 4.18. The molecule has 6 heteroatoms. The molecule has 0 radical (unpaired) electrons. The van der Waals surface area contributed by atoms with Crippen LogP contribution in [0.25, 0.3) is 0 Å². The SMILES string of the molecule is CC[C@@H](C)NC(=O)[C@H](Cc1ccccc1)N(Cc1cccc(Br)c1)C(=O)Cc1ccccc1F. The van der Waals surface area contributed by atoms with E-state index in [1.165, 1.54) is 6.07 Å². The van der Waals surface area contributed by atoms with Crippen molar-refractivity contribution in [2.24, 2.45) is 0 Å². The summed E-state index contributed by atoms with van der Waals surface area (Å²) in [5.41, 5.74) is 2.14. The lowest BCUT2D eigenvalue weighted by atomic mass is 10.0. The first-order chi connectivity index (χ1) is 16.4. The molecular formula is C28H30BrFN2O2.